The van der Waals surface area contributed by atoms with Crippen LogP contribution < -0.4 is 5.73 Å². The molecule has 0 amide bonds. The highest BCUT2D eigenvalue weighted by Gasteiger charge is 2.25. The van der Waals surface area contributed by atoms with Crippen molar-refractivity contribution in [2.45, 2.75) is 44.7 Å². The Hall–Kier alpha value is -0.120. The van der Waals surface area contributed by atoms with E-state index in [1.807, 2.05) is 0 Å². The lowest BCUT2D eigenvalue weighted by Gasteiger charge is -2.37. The third kappa shape index (κ3) is 4.09. The molecular formula is C12H26N2O. The zero-order chi connectivity index (χ0) is 11.3. The van der Waals surface area contributed by atoms with E-state index in [2.05, 4.69) is 18.9 Å². The molecule has 15 heavy (non-hydrogen) atoms. The Bertz CT molecular complexity index is 175. The summed E-state index contributed by atoms with van der Waals surface area (Å²) < 4.78 is 5.07. The van der Waals surface area contributed by atoms with Gasteiger partial charge in [-0.1, -0.05) is 19.8 Å². The first-order valence-corrected chi connectivity index (χ1v) is 6.10. The Morgan fingerprint density at radius 2 is 2.07 bits per heavy atom. The minimum atomic E-state index is 0.147. The predicted octanol–water partition coefficient (Wildman–Crippen LogP) is 1.47. The third-order valence-corrected chi connectivity index (χ3v) is 3.54. The Labute approximate surface area is 94.0 Å². The number of nitrogens with two attached hydrogens (primary N) is 1. The molecule has 1 fully saturated rings. The highest BCUT2D eigenvalue weighted by Crippen LogP contribution is 2.27. The van der Waals surface area contributed by atoms with Crippen molar-refractivity contribution in [3.05, 3.63) is 0 Å². The topological polar surface area (TPSA) is 38.5 Å². The molecule has 2 N–H and O–H groups in total. The summed E-state index contributed by atoms with van der Waals surface area (Å²) >= 11 is 0. The maximum absolute atomic E-state index is 5.97. The molecule has 0 aromatic rings. The van der Waals surface area contributed by atoms with Crippen LogP contribution in [0.3, 0.4) is 0 Å². The van der Waals surface area contributed by atoms with Crippen LogP contribution in [0.5, 0.6) is 0 Å². The number of ether oxygens (including phenoxy) is 1. The van der Waals surface area contributed by atoms with E-state index in [-0.39, 0.29) is 6.04 Å². The van der Waals surface area contributed by atoms with E-state index in [9.17, 15) is 0 Å². The molecule has 1 saturated carbocycles. The smallest absolute Gasteiger partial charge is 0.0626 e. The molecule has 90 valence electrons. The number of hydrogen-bond donors (Lipinski definition) is 1. The first kappa shape index (κ1) is 12.9. The van der Waals surface area contributed by atoms with Gasteiger partial charge < -0.3 is 15.4 Å². The van der Waals surface area contributed by atoms with Crippen LogP contribution in [0, 0.1) is 5.92 Å². The maximum atomic E-state index is 5.97. The average Bonchev–Trinajstić information content (AvgIpc) is 2.18. The highest BCUT2D eigenvalue weighted by atomic mass is 16.5. The van der Waals surface area contributed by atoms with Crippen molar-refractivity contribution >= 4 is 0 Å². The average molecular weight is 214 g/mol. The van der Waals surface area contributed by atoms with E-state index in [0.717, 1.165) is 18.5 Å². The molecule has 0 radical (unpaired) electrons. The zero-order valence-electron chi connectivity index (χ0n) is 10.4. The van der Waals surface area contributed by atoms with Crippen LogP contribution in [0.25, 0.3) is 0 Å². The van der Waals surface area contributed by atoms with Crippen LogP contribution in [0.4, 0.5) is 0 Å². The number of likely N-dealkylation sites (N-methyl/N-ethyl adjacent to an activating group) is 1. The molecule has 3 nitrogen and oxygen atoms in total. The van der Waals surface area contributed by atoms with Gasteiger partial charge in [-0.3, -0.25) is 0 Å². The van der Waals surface area contributed by atoms with E-state index in [4.69, 9.17) is 10.5 Å². The monoisotopic (exact) mass is 214 g/mol. The number of methoxy groups -OCH3 is 1. The minimum absolute atomic E-state index is 0.147. The van der Waals surface area contributed by atoms with Crippen LogP contribution in [0.1, 0.15) is 32.6 Å². The van der Waals surface area contributed by atoms with Crippen molar-refractivity contribution in [3.63, 3.8) is 0 Å². The lowest BCUT2D eigenvalue weighted by Crippen LogP contribution is -2.46. The fraction of sp³-hybridized carbons (Fsp3) is 1.00. The van der Waals surface area contributed by atoms with Crippen molar-refractivity contribution in [2.75, 3.05) is 27.3 Å². The first-order valence-electron chi connectivity index (χ1n) is 6.10. The van der Waals surface area contributed by atoms with Crippen LogP contribution >= 0.6 is 0 Å². The Kier molecular flexibility index (Phi) is 5.58. The van der Waals surface area contributed by atoms with Gasteiger partial charge in [0.2, 0.25) is 0 Å². The number of rotatable bonds is 5. The molecule has 0 aromatic carbocycles. The zero-order valence-corrected chi connectivity index (χ0v) is 10.4. The van der Waals surface area contributed by atoms with Crippen molar-refractivity contribution < 1.29 is 4.74 Å². The normalized spacial score (nSPS) is 29.4. The summed E-state index contributed by atoms with van der Waals surface area (Å²) in [5, 5.41) is 0. The molecule has 0 heterocycles. The summed E-state index contributed by atoms with van der Waals surface area (Å²) in [4.78, 5) is 2.42. The van der Waals surface area contributed by atoms with E-state index < -0.39 is 0 Å². The second kappa shape index (κ2) is 6.46. The molecule has 0 aliphatic heterocycles. The number of hydrogen-bond acceptors (Lipinski definition) is 3. The molecule has 0 bridgehead atoms. The molecular weight excluding hydrogens is 188 g/mol. The Morgan fingerprint density at radius 1 is 1.40 bits per heavy atom. The molecule has 0 spiro atoms. The summed E-state index contributed by atoms with van der Waals surface area (Å²) in [5.74, 6) is 0.818. The minimum Gasteiger partial charge on any atom is -0.383 e. The quantitative estimate of drug-likeness (QED) is 0.753. The van der Waals surface area contributed by atoms with Crippen LogP contribution in [0.2, 0.25) is 0 Å². The first-order chi connectivity index (χ1) is 7.15. The van der Waals surface area contributed by atoms with E-state index in [0.29, 0.717) is 6.61 Å². The molecule has 0 saturated heterocycles. The second-order valence-electron chi connectivity index (χ2n) is 4.98. The van der Waals surface area contributed by atoms with Gasteiger partial charge in [0.25, 0.3) is 0 Å². The van der Waals surface area contributed by atoms with Gasteiger partial charge in [-0.05, 0) is 25.8 Å². The molecule has 3 atom stereocenters. The van der Waals surface area contributed by atoms with Gasteiger partial charge in [0.1, 0.15) is 0 Å². The second-order valence-corrected chi connectivity index (χ2v) is 4.98. The van der Waals surface area contributed by atoms with Gasteiger partial charge in [0, 0.05) is 25.7 Å². The van der Waals surface area contributed by atoms with Crippen molar-refractivity contribution in [2.24, 2.45) is 11.7 Å². The van der Waals surface area contributed by atoms with Crippen LogP contribution in [-0.4, -0.2) is 44.3 Å². The standard InChI is InChI=1S/C12H26N2O/c1-10-6-4-5-7-12(10)14(2)8-11(13)9-15-3/h10-12H,4-9,13H2,1-3H3. The molecule has 1 rings (SSSR count). The summed E-state index contributed by atoms with van der Waals surface area (Å²) in [6, 6.07) is 0.871. The largest absolute Gasteiger partial charge is 0.383 e. The summed E-state index contributed by atoms with van der Waals surface area (Å²) in [6.45, 7) is 3.97. The molecule has 3 unspecified atom stereocenters. The van der Waals surface area contributed by atoms with Gasteiger partial charge in [-0.15, -0.1) is 0 Å². The van der Waals surface area contributed by atoms with E-state index in [1.165, 1.54) is 25.7 Å². The van der Waals surface area contributed by atoms with Gasteiger partial charge in [0.15, 0.2) is 0 Å². The van der Waals surface area contributed by atoms with Gasteiger partial charge in [0.05, 0.1) is 6.61 Å². The SMILES string of the molecule is COCC(N)CN(C)C1CCCCC1C. The molecule has 1 aliphatic rings. The van der Waals surface area contributed by atoms with Crippen molar-refractivity contribution in [1.29, 1.82) is 0 Å². The Morgan fingerprint density at radius 3 is 2.67 bits per heavy atom. The molecule has 1 aliphatic carbocycles. The lowest BCUT2D eigenvalue weighted by molar-refractivity contribution is 0.108. The van der Waals surface area contributed by atoms with Crippen LogP contribution in [-0.2, 0) is 4.74 Å². The summed E-state index contributed by atoms with van der Waals surface area (Å²) in [5.41, 5.74) is 5.97. The summed E-state index contributed by atoms with van der Waals surface area (Å²) in [6.07, 6.45) is 5.47. The van der Waals surface area contributed by atoms with Gasteiger partial charge in [-0.25, -0.2) is 0 Å². The van der Waals surface area contributed by atoms with Crippen molar-refractivity contribution in [3.8, 4) is 0 Å². The maximum Gasteiger partial charge on any atom is 0.0626 e. The number of nitrogens with zero attached hydrogens (tertiary/aromatic N) is 1. The molecule has 3 heteroatoms. The summed E-state index contributed by atoms with van der Waals surface area (Å²) in [7, 11) is 3.91. The van der Waals surface area contributed by atoms with E-state index >= 15 is 0 Å². The van der Waals surface area contributed by atoms with Gasteiger partial charge in [-0.2, -0.15) is 0 Å². The van der Waals surface area contributed by atoms with E-state index in [1.54, 1.807) is 7.11 Å². The fourth-order valence-corrected chi connectivity index (χ4v) is 2.72. The fourth-order valence-electron chi connectivity index (χ4n) is 2.72. The van der Waals surface area contributed by atoms with Crippen molar-refractivity contribution in [1.82, 2.24) is 4.90 Å². The highest BCUT2D eigenvalue weighted by molar-refractivity contribution is 4.81. The Balaban J connectivity index is 2.34. The van der Waals surface area contributed by atoms with Crippen LogP contribution in [0.15, 0.2) is 0 Å². The molecule has 0 aromatic heterocycles. The lowest BCUT2D eigenvalue weighted by atomic mass is 9.85. The predicted molar refractivity (Wildman–Crippen MR) is 63.9 cm³/mol. The van der Waals surface area contributed by atoms with Gasteiger partial charge >= 0.3 is 0 Å². The third-order valence-electron chi connectivity index (χ3n) is 3.54.